The van der Waals surface area contributed by atoms with E-state index in [1.165, 1.54) is 15.6 Å². The third kappa shape index (κ3) is 4.80. The zero-order chi connectivity index (χ0) is 34.1. The highest BCUT2D eigenvalue weighted by Gasteiger charge is 2.42. The molecule has 8 rings (SSSR count). The van der Waals surface area contributed by atoms with E-state index in [0.717, 1.165) is 43.8 Å². The second-order valence-electron chi connectivity index (χ2n) is 12.2. The smallest absolute Gasteiger partial charge is 0.212 e. The predicted molar refractivity (Wildman–Crippen MR) is 206 cm³/mol. The van der Waals surface area contributed by atoms with E-state index in [-0.39, 0.29) is 0 Å². The highest BCUT2D eigenvalue weighted by Crippen LogP contribution is 2.37. The Bertz CT molecular complexity index is 2580. The van der Waals surface area contributed by atoms with Crippen molar-refractivity contribution < 1.29 is 0 Å². The molecule has 1 heterocycles. The van der Waals surface area contributed by atoms with Gasteiger partial charge < -0.3 is 4.57 Å². The van der Waals surface area contributed by atoms with Crippen molar-refractivity contribution in [3.63, 3.8) is 0 Å². The maximum Gasteiger partial charge on any atom is 0.212 e. The van der Waals surface area contributed by atoms with Gasteiger partial charge in [0.05, 0.1) is 40.9 Å². The van der Waals surface area contributed by atoms with Gasteiger partial charge in [-0.05, 0) is 68.3 Å². The van der Waals surface area contributed by atoms with Gasteiger partial charge in [0.1, 0.15) is 0 Å². The molecule has 0 N–H and O–H groups in total. The van der Waals surface area contributed by atoms with Crippen LogP contribution in [0.5, 0.6) is 0 Å². The van der Waals surface area contributed by atoms with Crippen LogP contribution in [-0.2, 0) is 0 Å². The lowest BCUT2D eigenvalue weighted by Crippen LogP contribution is -2.74. The minimum atomic E-state index is -2.98. The summed E-state index contributed by atoms with van der Waals surface area (Å²) in [4.78, 5) is 3.98. The quantitative estimate of drug-likeness (QED) is 0.104. The highest BCUT2D eigenvalue weighted by molar-refractivity contribution is 7.20. The Hall–Kier alpha value is -6.97. The number of para-hydroxylation sites is 1. The van der Waals surface area contributed by atoms with Crippen LogP contribution in [0.3, 0.4) is 0 Å². The van der Waals surface area contributed by atoms with Gasteiger partial charge in [-0.2, -0.15) is 10.5 Å². The van der Waals surface area contributed by atoms with Crippen molar-refractivity contribution in [2.24, 2.45) is 0 Å². The predicted octanol–water partition coefficient (Wildman–Crippen LogP) is 8.12. The first-order valence-corrected chi connectivity index (χ1v) is 18.3. The van der Waals surface area contributed by atoms with Gasteiger partial charge in [-0.15, -0.1) is 0 Å². The van der Waals surface area contributed by atoms with E-state index in [0.29, 0.717) is 16.8 Å². The molecule has 232 valence electrons. The zero-order valence-corrected chi connectivity index (χ0v) is 28.0. The maximum atomic E-state index is 10.6. The molecule has 50 heavy (non-hydrogen) atoms. The Labute approximate surface area is 291 Å². The maximum absolute atomic E-state index is 10.6. The summed E-state index contributed by atoms with van der Waals surface area (Å²) >= 11 is 0. The van der Waals surface area contributed by atoms with Crippen molar-refractivity contribution in [3.8, 4) is 29.0 Å². The molecule has 4 nitrogen and oxygen atoms in total. The highest BCUT2D eigenvalue weighted by atomic mass is 28.3. The van der Waals surface area contributed by atoms with Crippen molar-refractivity contribution in [1.29, 1.82) is 10.5 Å². The fourth-order valence-electron chi connectivity index (χ4n) is 7.47. The minimum absolute atomic E-state index is 0.339. The van der Waals surface area contributed by atoms with E-state index >= 15 is 0 Å². The molecule has 8 aromatic rings. The molecule has 0 bridgehead atoms. The fourth-order valence-corrected chi connectivity index (χ4v) is 12.3. The van der Waals surface area contributed by atoms with Gasteiger partial charge in [-0.3, -0.25) is 0 Å². The van der Waals surface area contributed by atoms with Crippen LogP contribution < -0.4 is 20.7 Å². The molecule has 0 amide bonds. The molecule has 0 fully saturated rings. The Morgan fingerprint density at radius 2 is 1.12 bits per heavy atom. The first kappa shape index (κ1) is 30.4. The van der Waals surface area contributed by atoms with Crippen LogP contribution in [0.2, 0.25) is 0 Å². The molecule has 0 aliphatic rings. The third-order valence-electron chi connectivity index (χ3n) is 9.61. The third-order valence-corrected chi connectivity index (χ3v) is 14.4. The number of rotatable bonds is 6. The monoisotopic (exact) mass is 652 g/mol. The standard InChI is InChI=1S/C45H28N4Si/c1-48-45-34(31-47)28-39(50(36-16-5-2-6-17-36,37-18-7-3-8-19-37)38-20-9-4-10-21-38)29-41(45)33-14-13-15-35(27-33)49-43-23-12-11-22-40(43)42-26-32(30-46)24-25-44(42)49/h2-29H. The molecule has 0 unspecified atom stereocenters. The molecule has 0 spiro atoms. The van der Waals surface area contributed by atoms with Crippen molar-refractivity contribution >= 4 is 56.3 Å². The molecule has 0 saturated carbocycles. The van der Waals surface area contributed by atoms with Crippen LogP contribution in [0.1, 0.15) is 11.1 Å². The van der Waals surface area contributed by atoms with Crippen molar-refractivity contribution in [1.82, 2.24) is 4.57 Å². The van der Waals surface area contributed by atoms with Gasteiger partial charge in [0.2, 0.25) is 5.69 Å². The normalized spacial score (nSPS) is 11.1. The number of nitrogens with zero attached hydrogens (tertiary/aromatic N) is 4. The van der Waals surface area contributed by atoms with Crippen LogP contribution in [-0.4, -0.2) is 12.6 Å². The summed E-state index contributed by atoms with van der Waals surface area (Å²) in [7, 11) is -2.98. The molecule has 0 radical (unpaired) electrons. The minimum Gasteiger partial charge on any atom is -0.309 e. The molecule has 7 aromatic carbocycles. The van der Waals surface area contributed by atoms with Crippen LogP contribution in [0.15, 0.2) is 170 Å². The van der Waals surface area contributed by atoms with E-state index in [9.17, 15) is 10.5 Å². The van der Waals surface area contributed by atoms with E-state index in [2.05, 4.69) is 125 Å². The molecule has 0 aliphatic heterocycles. The van der Waals surface area contributed by atoms with Gasteiger partial charge in [-0.25, -0.2) is 4.85 Å². The molecular weight excluding hydrogens is 625 g/mol. The zero-order valence-electron chi connectivity index (χ0n) is 27.0. The largest absolute Gasteiger partial charge is 0.309 e. The van der Waals surface area contributed by atoms with Gasteiger partial charge in [-0.1, -0.05) is 133 Å². The Morgan fingerprint density at radius 3 is 1.72 bits per heavy atom. The number of nitriles is 2. The summed E-state index contributed by atoms with van der Waals surface area (Å²) in [6.45, 7) is 8.30. The molecular formula is C45H28N4Si. The second kappa shape index (κ2) is 12.6. The van der Waals surface area contributed by atoms with E-state index in [4.69, 9.17) is 6.57 Å². The lowest BCUT2D eigenvalue weighted by atomic mass is 10.00. The molecule has 1 aromatic heterocycles. The van der Waals surface area contributed by atoms with Crippen molar-refractivity contribution in [2.75, 3.05) is 0 Å². The van der Waals surface area contributed by atoms with E-state index in [1.54, 1.807) is 0 Å². The second-order valence-corrected chi connectivity index (χ2v) is 16.0. The summed E-state index contributed by atoms with van der Waals surface area (Å²) in [5.41, 5.74) is 5.82. The number of benzene rings is 7. The molecule has 0 saturated heterocycles. The number of hydrogen-bond donors (Lipinski definition) is 0. The van der Waals surface area contributed by atoms with Crippen molar-refractivity contribution in [2.45, 2.75) is 0 Å². The van der Waals surface area contributed by atoms with Crippen LogP contribution in [0.25, 0.3) is 43.5 Å². The molecule has 0 aliphatic carbocycles. The summed E-state index contributed by atoms with van der Waals surface area (Å²) in [5.74, 6) is 0. The van der Waals surface area contributed by atoms with Crippen molar-refractivity contribution in [3.05, 3.63) is 192 Å². The summed E-state index contributed by atoms with van der Waals surface area (Å²) in [5, 5.41) is 26.9. The van der Waals surface area contributed by atoms with Gasteiger partial charge in [0.15, 0.2) is 8.07 Å². The van der Waals surface area contributed by atoms with Crippen LogP contribution in [0.4, 0.5) is 5.69 Å². The average molecular weight is 653 g/mol. The Morgan fingerprint density at radius 1 is 0.520 bits per heavy atom. The fraction of sp³-hybridized carbons (Fsp3) is 0. The lowest BCUT2D eigenvalue weighted by molar-refractivity contribution is 1.18. The number of aromatic nitrogens is 1. The summed E-state index contributed by atoms with van der Waals surface area (Å²) < 4.78 is 2.21. The topological polar surface area (TPSA) is 56.9 Å². The SMILES string of the molecule is [C-]#[N+]c1c(C#N)cc([Si](c2ccccc2)(c2ccccc2)c2ccccc2)cc1-c1cccc(-n2c3ccccc3c3cc(C#N)ccc32)c1. The van der Waals surface area contributed by atoms with Gasteiger partial charge in [0, 0.05) is 16.5 Å². The number of fused-ring (bicyclic) bond motifs is 3. The Kier molecular flexibility index (Phi) is 7.63. The average Bonchev–Trinajstić information content (AvgIpc) is 3.52. The van der Waals surface area contributed by atoms with Crippen LogP contribution in [0, 0.1) is 29.2 Å². The summed E-state index contributed by atoms with van der Waals surface area (Å²) in [6, 6.07) is 62.8. The Balaban J connectivity index is 1.43. The van der Waals surface area contributed by atoms with Gasteiger partial charge >= 0.3 is 0 Å². The summed E-state index contributed by atoms with van der Waals surface area (Å²) in [6.07, 6.45) is 0. The van der Waals surface area contributed by atoms with Gasteiger partial charge in [0.25, 0.3) is 0 Å². The first-order valence-electron chi connectivity index (χ1n) is 16.3. The molecule has 0 atom stereocenters. The number of hydrogen-bond acceptors (Lipinski definition) is 2. The van der Waals surface area contributed by atoms with E-state index < -0.39 is 8.07 Å². The molecule has 5 heteroatoms. The van der Waals surface area contributed by atoms with E-state index in [1.807, 2.05) is 66.7 Å². The van der Waals surface area contributed by atoms with Crippen LogP contribution >= 0.6 is 0 Å². The lowest BCUT2D eigenvalue weighted by Gasteiger charge is -2.35. The first-order chi connectivity index (χ1) is 24.7.